The smallest absolute Gasteiger partial charge is 0.333 e. The highest BCUT2D eigenvalue weighted by molar-refractivity contribution is 7.11. The van der Waals surface area contributed by atoms with Gasteiger partial charge in [0.15, 0.2) is 10.8 Å². The molecule has 1 fully saturated rings. The Labute approximate surface area is 203 Å². The number of nitrogens with zero attached hydrogens (tertiary/aromatic N) is 5. The summed E-state index contributed by atoms with van der Waals surface area (Å²) < 4.78 is 41.1. The molecule has 1 saturated heterocycles. The third-order valence-electron chi connectivity index (χ3n) is 6.05. The number of aliphatic imine (C=N–C) groups is 1. The van der Waals surface area contributed by atoms with Crippen LogP contribution in [0.3, 0.4) is 0 Å². The standard InChI is InChI=1S/C23H21ClF3N5OS/c1-2-6-23(33)11-17-18(16-5-8-32(30-16)22(26)27)19(14-4-3-13(25)10-15(14)24)29-20(31(17)12-23)21-28-7-9-34-21/h3-5,7-10,19,22,33H,2,6,11-12H2,1H3/t19-,23-/m0/s1. The van der Waals surface area contributed by atoms with Gasteiger partial charge in [-0.25, -0.2) is 14.1 Å². The number of thiazole rings is 1. The fourth-order valence-corrected chi connectivity index (χ4v) is 5.59. The van der Waals surface area contributed by atoms with E-state index in [2.05, 4.69) is 10.1 Å². The summed E-state index contributed by atoms with van der Waals surface area (Å²) in [7, 11) is 0. The van der Waals surface area contributed by atoms with Crippen molar-refractivity contribution in [3.8, 4) is 0 Å². The summed E-state index contributed by atoms with van der Waals surface area (Å²) >= 11 is 7.84. The molecular weight excluding hydrogens is 487 g/mol. The molecule has 1 aromatic carbocycles. The van der Waals surface area contributed by atoms with E-state index < -0.39 is 24.0 Å². The number of alkyl halides is 2. The quantitative estimate of drug-likeness (QED) is 0.466. The molecule has 2 atom stereocenters. The van der Waals surface area contributed by atoms with Crippen molar-refractivity contribution >= 4 is 34.3 Å². The Balaban J connectivity index is 1.74. The van der Waals surface area contributed by atoms with E-state index in [0.717, 1.165) is 12.1 Å². The van der Waals surface area contributed by atoms with Crippen molar-refractivity contribution in [1.82, 2.24) is 19.7 Å². The molecular formula is C23H21ClF3N5OS. The Kier molecular flexibility index (Phi) is 5.99. The number of hydrogen-bond donors (Lipinski definition) is 1. The summed E-state index contributed by atoms with van der Waals surface area (Å²) in [6.45, 7) is -0.523. The lowest BCUT2D eigenvalue weighted by Gasteiger charge is -2.32. The Morgan fingerprint density at radius 3 is 2.79 bits per heavy atom. The van der Waals surface area contributed by atoms with E-state index in [-0.39, 0.29) is 18.0 Å². The molecule has 2 aliphatic heterocycles. The molecule has 178 valence electrons. The van der Waals surface area contributed by atoms with Gasteiger partial charge < -0.3 is 10.0 Å². The lowest BCUT2D eigenvalue weighted by atomic mass is 9.90. The number of aromatic nitrogens is 3. The Bertz CT molecular complexity index is 1280. The minimum atomic E-state index is -2.80. The molecule has 0 bridgehead atoms. The molecule has 6 nitrogen and oxygen atoms in total. The third-order valence-corrected chi connectivity index (χ3v) is 7.14. The number of fused-ring (bicyclic) bond motifs is 1. The van der Waals surface area contributed by atoms with Gasteiger partial charge in [-0.1, -0.05) is 31.0 Å². The van der Waals surface area contributed by atoms with Gasteiger partial charge in [0.25, 0.3) is 0 Å². The van der Waals surface area contributed by atoms with Crippen molar-refractivity contribution in [2.75, 3.05) is 6.54 Å². The Morgan fingerprint density at radius 2 is 2.15 bits per heavy atom. The largest absolute Gasteiger partial charge is 0.388 e. The number of hydrogen-bond acceptors (Lipinski definition) is 6. The second-order valence-electron chi connectivity index (χ2n) is 8.41. The summed E-state index contributed by atoms with van der Waals surface area (Å²) in [5.74, 6) is 0.0594. The molecule has 5 rings (SSSR count). The second kappa shape index (κ2) is 8.83. The molecule has 0 amide bonds. The summed E-state index contributed by atoms with van der Waals surface area (Å²) in [5, 5.41) is 18.1. The molecule has 0 spiro atoms. The predicted octanol–water partition coefficient (Wildman–Crippen LogP) is 5.68. The molecule has 0 radical (unpaired) electrons. The van der Waals surface area contributed by atoms with Crippen molar-refractivity contribution in [3.05, 3.63) is 74.8 Å². The second-order valence-corrected chi connectivity index (χ2v) is 9.72. The van der Waals surface area contributed by atoms with Crippen LogP contribution in [0.1, 0.15) is 55.0 Å². The molecule has 4 heterocycles. The molecule has 0 unspecified atom stereocenters. The maximum Gasteiger partial charge on any atom is 0.333 e. The number of halogens is 4. The lowest BCUT2D eigenvalue weighted by molar-refractivity contribution is 0.0461. The monoisotopic (exact) mass is 507 g/mol. The third kappa shape index (κ3) is 4.03. The number of rotatable bonds is 6. The number of amidine groups is 1. The molecule has 1 N–H and O–H groups in total. The zero-order chi connectivity index (χ0) is 24.0. The topological polar surface area (TPSA) is 66.5 Å². The summed E-state index contributed by atoms with van der Waals surface area (Å²) in [4.78, 5) is 11.3. The average Bonchev–Trinajstić information content (AvgIpc) is 3.53. The Morgan fingerprint density at radius 1 is 1.32 bits per heavy atom. The van der Waals surface area contributed by atoms with Crippen LogP contribution < -0.4 is 0 Å². The van der Waals surface area contributed by atoms with Crippen molar-refractivity contribution in [2.24, 2.45) is 4.99 Å². The summed E-state index contributed by atoms with van der Waals surface area (Å²) in [5.41, 5.74) is 1.06. The van der Waals surface area contributed by atoms with Crippen LogP contribution in [-0.2, 0) is 0 Å². The lowest BCUT2D eigenvalue weighted by Crippen LogP contribution is -2.37. The van der Waals surface area contributed by atoms with E-state index in [1.165, 1.54) is 35.7 Å². The van der Waals surface area contributed by atoms with E-state index in [1.807, 2.05) is 17.2 Å². The zero-order valence-corrected chi connectivity index (χ0v) is 19.7. The van der Waals surface area contributed by atoms with E-state index in [1.54, 1.807) is 12.3 Å². The van der Waals surface area contributed by atoms with Gasteiger partial charge in [0.2, 0.25) is 0 Å². The first-order valence-electron chi connectivity index (χ1n) is 10.8. The molecule has 0 aliphatic carbocycles. The van der Waals surface area contributed by atoms with Gasteiger partial charge in [0.05, 0.1) is 17.8 Å². The molecule has 11 heteroatoms. The highest BCUT2D eigenvalue weighted by Crippen LogP contribution is 2.48. The molecule has 2 aromatic heterocycles. The van der Waals surface area contributed by atoms with Crippen molar-refractivity contribution in [1.29, 1.82) is 0 Å². The number of benzene rings is 1. The van der Waals surface area contributed by atoms with Crippen LogP contribution in [0, 0.1) is 5.82 Å². The molecule has 2 aliphatic rings. The van der Waals surface area contributed by atoms with Crippen LogP contribution in [0.2, 0.25) is 5.02 Å². The fourth-order valence-electron chi connectivity index (χ4n) is 4.67. The minimum absolute atomic E-state index is 0.161. The van der Waals surface area contributed by atoms with E-state index in [9.17, 15) is 18.3 Å². The minimum Gasteiger partial charge on any atom is -0.388 e. The van der Waals surface area contributed by atoms with Crippen molar-refractivity contribution in [3.63, 3.8) is 0 Å². The summed E-state index contributed by atoms with van der Waals surface area (Å²) in [6.07, 6.45) is 4.48. The maximum absolute atomic E-state index is 13.8. The van der Waals surface area contributed by atoms with Crippen LogP contribution in [0.15, 0.2) is 52.7 Å². The van der Waals surface area contributed by atoms with Crippen LogP contribution in [-0.4, -0.2) is 42.8 Å². The molecule has 34 heavy (non-hydrogen) atoms. The van der Waals surface area contributed by atoms with Gasteiger partial charge >= 0.3 is 6.55 Å². The Hall–Kier alpha value is -2.69. The van der Waals surface area contributed by atoms with E-state index in [0.29, 0.717) is 38.8 Å². The number of aliphatic hydroxyl groups is 1. The zero-order valence-electron chi connectivity index (χ0n) is 18.1. The van der Waals surface area contributed by atoms with Gasteiger partial charge in [0.1, 0.15) is 11.9 Å². The van der Waals surface area contributed by atoms with Gasteiger partial charge in [0, 0.05) is 46.1 Å². The van der Waals surface area contributed by atoms with Gasteiger partial charge in [-0.15, -0.1) is 11.3 Å². The average molecular weight is 508 g/mol. The van der Waals surface area contributed by atoms with Gasteiger partial charge in [-0.2, -0.15) is 13.9 Å². The van der Waals surface area contributed by atoms with Crippen LogP contribution >= 0.6 is 22.9 Å². The van der Waals surface area contributed by atoms with Crippen LogP contribution in [0.5, 0.6) is 0 Å². The normalized spacial score (nSPS) is 22.5. The van der Waals surface area contributed by atoms with E-state index >= 15 is 0 Å². The first kappa shape index (κ1) is 23.1. The maximum atomic E-state index is 13.8. The van der Waals surface area contributed by atoms with Crippen LogP contribution in [0.4, 0.5) is 13.2 Å². The highest BCUT2D eigenvalue weighted by Gasteiger charge is 2.46. The van der Waals surface area contributed by atoms with Crippen molar-refractivity contribution < 1.29 is 18.3 Å². The van der Waals surface area contributed by atoms with Gasteiger partial charge in [-0.05, 0) is 24.6 Å². The van der Waals surface area contributed by atoms with Crippen molar-refractivity contribution in [2.45, 2.75) is 44.4 Å². The molecule has 0 saturated carbocycles. The summed E-state index contributed by atoms with van der Waals surface area (Å²) in [6, 6.07) is 4.78. The molecule has 3 aromatic rings. The van der Waals surface area contributed by atoms with E-state index in [4.69, 9.17) is 16.6 Å². The first-order valence-corrected chi connectivity index (χ1v) is 12.0. The fraction of sp³-hybridized carbons (Fsp3) is 0.348. The van der Waals surface area contributed by atoms with Gasteiger partial charge in [-0.3, -0.25) is 4.99 Å². The first-order chi connectivity index (χ1) is 16.3. The highest BCUT2D eigenvalue weighted by atomic mass is 35.5. The van der Waals surface area contributed by atoms with Crippen LogP contribution in [0.25, 0.3) is 5.57 Å². The SMILES string of the molecule is CCC[C@]1(O)CC2=C(c3ccn(C(F)F)n3)[C@H](c3ccc(F)cc3Cl)N=C(c3nccs3)N2C1. The predicted molar refractivity (Wildman–Crippen MR) is 124 cm³/mol.